The van der Waals surface area contributed by atoms with Gasteiger partial charge >= 0.3 is 0 Å². The van der Waals surface area contributed by atoms with Crippen molar-refractivity contribution in [3.05, 3.63) is 56.4 Å². The van der Waals surface area contributed by atoms with Crippen molar-refractivity contribution in [2.75, 3.05) is 19.7 Å². The highest BCUT2D eigenvalue weighted by Gasteiger charge is 2.22. The molecule has 0 fully saturated rings. The van der Waals surface area contributed by atoms with Crippen molar-refractivity contribution in [1.82, 2.24) is 14.5 Å². The second kappa shape index (κ2) is 9.98. The molecule has 0 amide bonds. The highest BCUT2D eigenvalue weighted by atomic mass is 32.1. The number of nitrogens with zero attached hydrogens (tertiary/aromatic N) is 3. The van der Waals surface area contributed by atoms with Crippen LogP contribution in [-0.4, -0.2) is 34.1 Å². The van der Waals surface area contributed by atoms with Crippen LogP contribution in [0.4, 0.5) is 0 Å². The second-order valence-corrected chi connectivity index (χ2v) is 11.0. The average molecular weight is 468 g/mol. The van der Waals surface area contributed by atoms with Gasteiger partial charge in [0.15, 0.2) is 0 Å². The van der Waals surface area contributed by atoms with Crippen molar-refractivity contribution in [3.8, 4) is 5.75 Å². The van der Waals surface area contributed by atoms with E-state index in [9.17, 15) is 4.79 Å². The van der Waals surface area contributed by atoms with E-state index in [1.54, 1.807) is 11.3 Å². The maximum Gasteiger partial charge on any atom is 0.262 e. The van der Waals surface area contributed by atoms with Crippen LogP contribution in [0.3, 0.4) is 0 Å². The van der Waals surface area contributed by atoms with Crippen molar-refractivity contribution in [2.24, 2.45) is 0 Å². The minimum atomic E-state index is 0.105. The lowest BCUT2D eigenvalue weighted by Gasteiger charge is -2.21. The van der Waals surface area contributed by atoms with Gasteiger partial charge in [0.25, 0.3) is 5.56 Å². The predicted octanol–water partition coefficient (Wildman–Crippen LogP) is 5.56. The van der Waals surface area contributed by atoms with Crippen molar-refractivity contribution >= 4 is 21.6 Å². The third kappa shape index (κ3) is 5.17. The Kier molecular flexibility index (Phi) is 7.25. The smallest absolute Gasteiger partial charge is 0.262 e. The van der Waals surface area contributed by atoms with Gasteiger partial charge in [-0.15, -0.1) is 11.3 Å². The molecule has 0 bridgehead atoms. The molecular formula is C27H37N3O2S. The fraction of sp³-hybridized carbons (Fsp3) is 0.556. The minimum Gasteiger partial charge on any atom is -0.492 e. The van der Waals surface area contributed by atoms with Crippen LogP contribution in [0.2, 0.25) is 0 Å². The minimum absolute atomic E-state index is 0.105. The molecule has 1 aromatic carbocycles. The molecule has 0 saturated carbocycles. The van der Waals surface area contributed by atoms with Gasteiger partial charge in [0.05, 0.1) is 18.5 Å². The number of thiophene rings is 1. The van der Waals surface area contributed by atoms with E-state index in [0.29, 0.717) is 19.7 Å². The number of fused-ring (bicyclic) bond motifs is 3. The van der Waals surface area contributed by atoms with Gasteiger partial charge < -0.3 is 4.74 Å². The number of hydrogen-bond donors (Lipinski definition) is 0. The fourth-order valence-corrected chi connectivity index (χ4v) is 5.86. The third-order valence-electron chi connectivity index (χ3n) is 6.72. The molecule has 2 heterocycles. The van der Waals surface area contributed by atoms with E-state index in [4.69, 9.17) is 9.72 Å². The van der Waals surface area contributed by atoms with Crippen LogP contribution in [0, 0.1) is 0 Å². The standard InChI is InChI=1S/C27H37N3O2S/c1-6-29(7-2)18-23-28-25-24(21-10-8-9-11-22(21)33-25)26(31)30(23)16-17-32-20-14-12-19(13-15-20)27(3,4)5/h12-15H,6-11,16-18H2,1-5H3. The Bertz CT molecular complexity index is 1150. The zero-order chi connectivity index (χ0) is 23.6. The summed E-state index contributed by atoms with van der Waals surface area (Å²) >= 11 is 1.73. The van der Waals surface area contributed by atoms with E-state index in [2.05, 4.69) is 51.7 Å². The summed E-state index contributed by atoms with van der Waals surface area (Å²) in [6, 6.07) is 8.30. The van der Waals surface area contributed by atoms with Crippen LogP contribution >= 0.6 is 11.3 Å². The normalized spacial score (nSPS) is 14.1. The quantitative estimate of drug-likeness (QED) is 0.435. The molecule has 0 radical (unpaired) electrons. The molecule has 0 aliphatic heterocycles. The fourth-order valence-electron chi connectivity index (χ4n) is 4.58. The Hall–Kier alpha value is -2.18. The maximum absolute atomic E-state index is 13.7. The van der Waals surface area contributed by atoms with Crippen LogP contribution in [0.5, 0.6) is 5.75 Å². The molecule has 33 heavy (non-hydrogen) atoms. The molecule has 178 valence electrons. The number of aryl methyl sites for hydroxylation is 2. The Labute approximate surface area is 201 Å². The van der Waals surface area contributed by atoms with E-state index in [0.717, 1.165) is 54.1 Å². The number of hydrogen-bond acceptors (Lipinski definition) is 5. The summed E-state index contributed by atoms with van der Waals surface area (Å²) < 4.78 is 7.92. The van der Waals surface area contributed by atoms with Gasteiger partial charge in [0.1, 0.15) is 23.0 Å². The van der Waals surface area contributed by atoms with E-state index >= 15 is 0 Å². The number of rotatable bonds is 8. The highest BCUT2D eigenvalue weighted by molar-refractivity contribution is 7.18. The largest absolute Gasteiger partial charge is 0.492 e. The molecule has 1 aliphatic rings. The third-order valence-corrected chi connectivity index (χ3v) is 7.90. The lowest BCUT2D eigenvalue weighted by atomic mass is 9.87. The monoisotopic (exact) mass is 467 g/mol. The lowest BCUT2D eigenvalue weighted by Crippen LogP contribution is -2.32. The second-order valence-electron chi connectivity index (χ2n) is 9.96. The Morgan fingerprint density at radius 1 is 1.09 bits per heavy atom. The van der Waals surface area contributed by atoms with Gasteiger partial charge in [0.2, 0.25) is 0 Å². The molecule has 0 unspecified atom stereocenters. The molecule has 1 aliphatic carbocycles. The Morgan fingerprint density at radius 3 is 2.45 bits per heavy atom. The van der Waals surface area contributed by atoms with Crippen molar-refractivity contribution < 1.29 is 4.74 Å². The number of ether oxygens (including phenoxy) is 1. The predicted molar refractivity (Wildman–Crippen MR) is 138 cm³/mol. The summed E-state index contributed by atoms with van der Waals surface area (Å²) in [4.78, 5) is 23.3. The van der Waals surface area contributed by atoms with Crippen LogP contribution in [0.25, 0.3) is 10.2 Å². The molecule has 4 rings (SSSR count). The first-order valence-electron chi connectivity index (χ1n) is 12.3. The molecule has 0 spiro atoms. The molecule has 3 aromatic rings. The molecular weight excluding hydrogens is 430 g/mol. The van der Waals surface area contributed by atoms with Gasteiger partial charge in [-0.05, 0) is 67.4 Å². The average Bonchev–Trinajstić information content (AvgIpc) is 3.17. The molecule has 0 N–H and O–H groups in total. The van der Waals surface area contributed by atoms with Crippen molar-refractivity contribution in [3.63, 3.8) is 0 Å². The molecule has 6 heteroatoms. The molecule has 0 saturated heterocycles. The first kappa shape index (κ1) is 24.0. The van der Waals surface area contributed by atoms with Crippen molar-refractivity contribution in [2.45, 2.75) is 78.8 Å². The number of aromatic nitrogens is 2. The first-order valence-corrected chi connectivity index (χ1v) is 13.1. The van der Waals surface area contributed by atoms with Crippen LogP contribution in [0.15, 0.2) is 29.1 Å². The van der Waals surface area contributed by atoms with Gasteiger partial charge in [0, 0.05) is 4.88 Å². The van der Waals surface area contributed by atoms with Gasteiger partial charge in [-0.1, -0.05) is 46.8 Å². The van der Waals surface area contributed by atoms with E-state index in [-0.39, 0.29) is 11.0 Å². The maximum atomic E-state index is 13.7. The lowest BCUT2D eigenvalue weighted by molar-refractivity contribution is 0.266. The summed E-state index contributed by atoms with van der Waals surface area (Å²) in [7, 11) is 0. The summed E-state index contributed by atoms with van der Waals surface area (Å²) in [5.74, 6) is 1.68. The zero-order valence-corrected chi connectivity index (χ0v) is 21.6. The molecule has 0 atom stereocenters. The first-order chi connectivity index (χ1) is 15.8. The Morgan fingerprint density at radius 2 is 1.79 bits per heavy atom. The zero-order valence-electron chi connectivity index (χ0n) is 20.7. The van der Waals surface area contributed by atoms with Gasteiger partial charge in [-0.2, -0.15) is 0 Å². The van der Waals surface area contributed by atoms with Crippen molar-refractivity contribution in [1.29, 1.82) is 0 Å². The summed E-state index contributed by atoms with van der Waals surface area (Å²) in [5, 5.41) is 0.854. The van der Waals surface area contributed by atoms with E-state index in [1.807, 2.05) is 16.7 Å². The molecule has 2 aromatic heterocycles. The van der Waals surface area contributed by atoms with Gasteiger partial charge in [-0.3, -0.25) is 14.3 Å². The van der Waals surface area contributed by atoms with E-state index < -0.39 is 0 Å². The Balaban J connectivity index is 1.61. The SMILES string of the molecule is CCN(CC)Cc1nc2sc3c(c2c(=O)n1CCOc1ccc(C(C)(C)C)cc1)CCCC3. The van der Waals surface area contributed by atoms with Crippen LogP contribution in [0.1, 0.15) is 69.3 Å². The summed E-state index contributed by atoms with van der Waals surface area (Å²) in [6.07, 6.45) is 4.45. The van der Waals surface area contributed by atoms with Crippen LogP contribution < -0.4 is 10.3 Å². The van der Waals surface area contributed by atoms with Crippen LogP contribution in [-0.2, 0) is 31.3 Å². The highest BCUT2D eigenvalue weighted by Crippen LogP contribution is 2.34. The number of benzene rings is 1. The molecule has 5 nitrogen and oxygen atoms in total. The van der Waals surface area contributed by atoms with E-state index in [1.165, 1.54) is 22.4 Å². The summed E-state index contributed by atoms with van der Waals surface area (Å²) in [6.45, 7) is 14.4. The van der Waals surface area contributed by atoms with Gasteiger partial charge in [-0.25, -0.2) is 4.98 Å². The summed E-state index contributed by atoms with van der Waals surface area (Å²) in [5.41, 5.74) is 2.75. The topological polar surface area (TPSA) is 47.4 Å².